The summed E-state index contributed by atoms with van der Waals surface area (Å²) in [6.07, 6.45) is 5.14. The minimum Gasteiger partial charge on any atom is -0.506 e. The number of rotatable bonds is 5. The molecule has 0 unspecified atom stereocenters. The molecule has 1 heterocycles. The highest BCUT2D eigenvalue weighted by molar-refractivity contribution is 5.27. The predicted molar refractivity (Wildman–Crippen MR) is 61.8 cm³/mol. The number of pyridine rings is 1. The van der Waals surface area contributed by atoms with E-state index >= 15 is 0 Å². The highest BCUT2D eigenvalue weighted by Crippen LogP contribution is 2.13. The predicted octanol–water partition coefficient (Wildman–Crippen LogP) is 2.15. The van der Waals surface area contributed by atoms with Crippen LogP contribution in [-0.2, 0) is 6.54 Å². The molecule has 1 rings (SSSR count). The fourth-order valence-electron chi connectivity index (χ4n) is 1.29. The minimum absolute atomic E-state index is 0.263. The average Bonchev–Trinajstić information content (AvgIpc) is 2.23. The lowest BCUT2D eigenvalue weighted by Gasteiger charge is -2.05. The molecule has 15 heavy (non-hydrogen) atoms. The van der Waals surface area contributed by atoms with Crippen molar-refractivity contribution in [1.29, 1.82) is 0 Å². The van der Waals surface area contributed by atoms with Gasteiger partial charge < -0.3 is 10.4 Å². The van der Waals surface area contributed by atoms with Gasteiger partial charge in [0.2, 0.25) is 0 Å². The van der Waals surface area contributed by atoms with E-state index in [0.29, 0.717) is 6.54 Å². The van der Waals surface area contributed by atoms with E-state index in [1.807, 2.05) is 19.9 Å². The van der Waals surface area contributed by atoms with Crippen LogP contribution in [0.3, 0.4) is 0 Å². The lowest BCUT2D eigenvalue weighted by atomic mass is 10.3. The molecule has 0 saturated heterocycles. The van der Waals surface area contributed by atoms with Crippen molar-refractivity contribution in [2.75, 3.05) is 6.54 Å². The van der Waals surface area contributed by atoms with Crippen molar-refractivity contribution >= 4 is 0 Å². The second kappa shape index (κ2) is 6.19. The van der Waals surface area contributed by atoms with Crippen molar-refractivity contribution in [2.45, 2.75) is 26.8 Å². The van der Waals surface area contributed by atoms with Gasteiger partial charge in [0, 0.05) is 12.2 Å². The summed E-state index contributed by atoms with van der Waals surface area (Å²) in [5, 5.41) is 12.8. The molecule has 0 aliphatic heterocycles. The molecular formula is C12H18N2O. The van der Waals surface area contributed by atoms with Crippen molar-refractivity contribution in [1.82, 2.24) is 10.3 Å². The van der Waals surface area contributed by atoms with Gasteiger partial charge >= 0.3 is 0 Å². The van der Waals surface area contributed by atoms with E-state index in [1.165, 1.54) is 0 Å². The summed E-state index contributed by atoms with van der Waals surface area (Å²) in [7, 11) is 0. The first-order valence-corrected chi connectivity index (χ1v) is 5.21. The topological polar surface area (TPSA) is 45.2 Å². The first kappa shape index (κ1) is 11.7. The Bertz CT molecular complexity index is 334. The molecule has 3 nitrogen and oxygen atoms in total. The lowest BCUT2D eigenvalue weighted by Crippen LogP contribution is -2.15. The zero-order valence-electron chi connectivity index (χ0n) is 9.33. The maximum atomic E-state index is 9.52. The molecule has 0 aliphatic rings. The molecule has 1 aromatic heterocycles. The summed E-state index contributed by atoms with van der Waals surface area (Å²) in [5.74, 6) is 0.263. The van der Waals surface area contributed by atoms with Gasteiger partial charge in [-0.05, 0) is 38.9 Å². The molecule has 3 heteroatoms. The van der Waals surface area contributed by atoms with Crippen molar-refractivity contribution in [3.05, 3.63) is 35.7 Å². The minimum atomic E-state index is 0.263. The van der Waals surface area contributed by atoms with Crippen molar-refractivity contribution < 1.29 is 5.11 Å². The van der Waals surface area contributed by atoms with Crippen molar-refractivity contribution in [3.63, 3.8) is 0 Å². The van der Waals surface area contributed by atoms with E-state index in [9.17, 15) is 5.11 Å². The Balaban J connectivity index is 2.40. The summed E-state index contributed by atoms with van der Waals surface area (Å²) in [5.41, 5.74) is 1.65. The molecule has 0 aliphatic carbocycles. The highest BCUT2D eigenvalue weighted by Gasteiger charge is 2.01. The largest absolute Gasteiger partial charge is 0.506 e. The Kier molecular flexibility index (Phi) is 4.84. The van der Waals surface area contributed by atoms with Crippen LogP contribution >= 0.6 is 0 Å². The molecule has 0 saturated carbocycles. The number of aromatic nitrogens is 1. The van der Waals surface area contributed by atoms with E-state index < -0.39 is 0 Å². The molecule has 0 radical (unpaired) electrons. The Hall–Kier alpha value is -1.35. The molecule has 0 bridgehead atoms. The number of allylic oxidation sites excluding steroid dienone is 1. The molecule has 1 aromatic rings. The van der Waals surface area contributed by atoms with Crippen molar-refractivity contribution in [3.8, 4) is 5.75 Å². The SMILES string of the molecule is C/C=C/CCNCc1nc(C)ccc1O. The first-order valence-electron chi connectivity index (χ1n) is 5.21. The third kappa shape index (κ3) is 4.13. The van der Waals surface area contributed by atoms with Gasteiger partial charge in [-0.1, -0.05) is 12.2 Å². The molecule has 0 atom stereocenters. The van der Waals surface area contributed by atoms with Gasteiger partial charge in [-0.15, -0.1) is 0 Å². The van der Waals surface area contributed by atoms with E-state index in [1.54, 1.807) is 12.1 Å². The third-order valence-corrected chi connectivity index (χ3v) is 2.11. The normalized spacial score (nSPS) is 11.1. The number of hydrogen-bond donors (Lipinski definition) is 2. The van der Waals surface area contributed by atoms with Crippen LogP contribution in [0.2, 0.25) is 0 Å². The quantitative estimate of drug-likeness (QED) is 0.573. The summed E-state index contributed by atoms with van der Waals surface area (Å²) in [6.45, 7) is 5.45. The second-order valence-electron chi connectivity index (χ2n) is 3.45. The fraction of sp³-hybridized carbons (Fsp3) is 0.417. The fourth-order valence-corrected chi connectivity index (χ4v) is 1.29. The van der Waals surface area contributed by atoms with Gasteiger partial charge in [-0.2, -0.15) is 0 Å². The zero-order valence-corrected chi connectivity index (χ0v) is 9.33. The zero-order chi connectivity index (χ0) is 11.1. The summed E-state index contributed by atoms with van der Waals surface area (Å²) < 4.78 is 0. The van der Waals surface area contributed by atoms with Crippen LogP contribution in [0.4, 0.5) is 0 Å². The molecular weight excluding hydrogens is 188 g/mol. The van der Waals surface area contributed by atoms with Gasteiger partial charge in [0.05, 0.1) is 5.69 Å². The monoisotopic (exact) mass is 206 g/mol. The van der Waals surface area contributed by atoms with Gasteiger partial charge in [0.15, 0.2) is 0 Å². The van der Waals surface area contributed by atoms with Crippen LogP contribution in [0.5, 0.6) is 5.75 Å². The molecule has 0 fully saturated rings. The van der Waals surface area contributed by atoms with Gasteiger partial charge in [-0.3, -0.25) is 4.98 Å². The Morgan fingerprint density at radius 3 is 3.00 bits per heavy atom. The number of hydrogen-bond acceptors (Lipinski definition) is 3. The maximum absolute atomic E-state index is 9.52. The lowest BCUT2D eigenvalue weighted by molar-refractivity contribution is 0.459. The van der Waals surface area contributed by atoms with Crippen LogP contribution in [0, 0.1) is 6.92 Å². The standard InChI is InChI=1S/C12H18N2O/c1-3-4-5-8-13-9-11-12(15)7-6-10(2)14-11/h3-4,6-7,13,15H,5,8-9H2,1-2H3/b4-3+. The number of nitrogens with zero attached hydrogens (tertiary/aromatic N) is 1. The first-order chi connectivity index (χ1) is 7.24. The van der Waals surface area contributed by atoms with E-state index in [2.05, 4.69) is 16.4 Å². The van der Waals surface area contributed by atoms with Crippen LogP contribution in [-0.4, -0.2) is 16.6 Å². The van der Waals surface area contributed by atoms with E-state index in [4.69, 9.17) is 0 Å². The van der Waals surface area contributed by atoms with E-state index in [-0.39, 0.29) is 5.75 Å². The van der Waals surface area contributed by atoms with Crippen LogP contribution in [0.15, 0.2) is 24.3 Å². The third-order valence-electron chi connectivity index (χ3n) is 2.11. The number of aryl methyl sites for hydroxylation is 1. The average molecular weight is 206 g/mol. The van der Waals surface area contributed by atoms with Crippen LogP contribution in [0.25, 0.3) is 0 Å². The smallest absolute Gasteiger partial charge is 0.138 e. The molecule has 82 valence electrons. The molecule has 2 N–H and O–H groups in total. The van der Waals surface area contributed by atoms with Gasteiger partial charge in [0.1, 0.15) is 5.75 Å². The summed E-state index contributed by atoms with van der Waals surface area (Å²) in [4.78, 5) is 4.26. The van der Waals surface area contributed by atoms with E-state index in [0.717, 1.165) is 24.4 Å². The van der Waals surface area contributed by atoms with Gasteiger partial charge in [-0.25, -0.2) is 0 Å². The van der Waals surface area contributed by atoms with Gasteiger partial charge in [0.25, 0.3) is 0 Å². The van der Waals surface area contributed by atoms with Crippen LogP contribution in [0.1, 0.15) is 24.7 Å². The summed E-state index contributed by atoms with van der Waals surface area (Å²) >= 11 is 0. The molecule has 0 amide bonds. The summed E-state index contributed by atoms with van der Waals surface area (Å²) in [6, 6.07) is 3.49. The maximum Gasteiger partial charge on any atom is 0.138 e. The van der Waals surface area contributed by atoms with Crippen molar-refractivity contribution in [2.24, 2.45) is 0 Å². The highest BCUT2D eigenvalue weighted by atomic mass is 16.3. The number of aromatic hydroxyl groups is 1. The Morgan fingerprint density at radius 1 is 1.47 bits per heavy atom. The second-order valence-corrected chi connectivity index (χ2v) is 3.45. The Morgan fingerprint density at radius 2 is 2.27 bits per heavy atom. The molecule has 0 aromatic carbocycles. The Labute approximate surface area is 90.9 Å². The molecule has 0 spiro atoms. The number of nitrogens with one attached hydrogen (secondary N) is 1. The van der Waals surface area contributed by atoms with Crippen LogP contribution < -0.4 is 5.32 Å².